The van der Waals surface area contributed by atoms with Gasteiger partial charge in [-0.2, -0.15) is 0 Å². The molecule has 2 aromatic carbocycles. The van der Waals surface area contributed by atoms with Crippen LogP contribution in [0.15, 0.2) is 36.4 Å². The number of hydrogen-bond donors (Lipinski definition) is 2. The van der Waals surface area contributed by atoms with Crippen molar-refractivity contribution in [2.24, 2.45) is 0 Å². The van der Waals surface area contributed by atoms with Gasteiger partial charge in [-0.1, -0.05) is 6.07 Å². The molecular weight excluding hydrogens is 298 g/mol. The summed E-state index contributed by atoms with van der Waals surface area (Å²) in [5, 5.41) is 2.96. The Bertz CT molecular complexity index is 659. The van der Waals surface area contributed by atoms with Crippen LogP contribution in [0.4, 0.5) is 20.2 Å². The van der Waals surface area contributed by atoms with Crippen molar-refractivity contribution in [2.75, 3.05) is 17.6 Å². The van der Waals surface area contributed by atoms with E-state index in [0.29, 0.717) is 23.7 Å². The lowest BCUT2D eigenvalue weighted by molar-refractivity contribution is 0.244. The van der Waals surface area contributed by atoms with Gasteiger partial charge in [0.1, 0.15) is 17.4 Å². The quantitative estimate of drug-likeness (QED) is 0.588. The van der Waals surface area contributed by atoms with Crippen molar-refractivity contribution in [3.8, 4) is 5.75 Å². The molecule has 0 radical (unpaired) electrons. The summed E-state index contributed by atoms with van der Waals surface area (Å²) in [7, 11) is 0. The highest BCUT2D eigenvalue weighted by Crippen LogP contribution is 2.24. The van der Waals surface area contributed by atoms with E-state index >= 15 is 0 Å². The van der Waals surface area contributed by atoms with Crippen molar-refractivity contribution in [1.29, 1.82) is 0 Å². The zero-order chi connectivity index (χ0) is 16.8. The van der Waals surface area contributed by atoms with E-state index in [2.05, 4.69) is 5.32 Å². The maximum Gasteiger partial charge on any atom is 0.149 e. The Labute approximate surface area is 135 Å². The number of aryl methyl sites for hydroxylation is 1. The van der Waals surface area contributed by atoms with E-state index in [1.165, 1.54) is 12.1 Å². The fourth-order valence-corrected chi connectivity index (χ4v) is 2.26. The lowest BCUT2D eigenvalue weighted by Gasteiger charge is -2.13. The molecule has 0 saturated heterocycles. The van der Waals surface area contributed by atoms with Crippen LogP contribution in [0, 0.1) is 11.6 Å². The average molecular weight is 320 g/mol. The number of rotatable bonds is 7. The predicted molar refractivity (Wildman–Crippen MR) is 89.8 cm³/mol. The molecule has 0 saturated carbocycles. The second-order valence-electron chi connectivity index (χ2n) is 5.69. The molecule has 0 aliphatic carbocycles. The van der Waals surface area contributed by atoms with Crippen LogP contribution in [0.1, 0.15) is 25.8 Å². The number of nitrogens with one attached hydrogen (secondary N) is 1. The third-order valence-electron chi connectivity index (χ3n) is 3.33. The molecule has 0 atom stereocenters. The molecule has 3 N–H and O–H groups in total. The zero-order valence-corrected chi connectivity index (χ0v) is 13.4. The van der Waals surface area contributed by atoms with Crippen LogP contribution in [-0.4, -0.2) is 12.6 Å². The predicted octanol–water partition coefficient (Wildman–Crippen LogP) is 4.38. The van der Waals surface area contributed by atoms with Gasteiger partial charge in [-0.05, 0) is 56.5 Å². The van der Waals surface area contributed by atoms with Crippen molar-refractivity contribution in [3.63, 3.8) is 0 Å². The zero-order valence-electron chi connectivity index (χ0n) is 13.4. The van der Waals surface area contributed by atoms with Gasteiger partial charge in [0.25, 0.3) is 0 Å². The highest BCUT2D eigenvalue weighted by molar-refractivity contribution is 5.54. The Balaban J connectivity index is 1.83. The molecule has 2 aromatic rings. The summed E-state index contributed by atoms with van der Waals surface area (Å²) < 4.78 is 31.9. The minimum atomic E-state index is -0.579. The maximum atomic E-state index is 13.5. The third-order valence-corrected chi connectivity index (χ3v) is 3.33. The van der Waals surface area contributed by atoms with Gasteiger partial charge in [0.15, 0.2) is 0 Å². The Morgan fingerprint density at radius 3 is 2.57 bits per heavy atom. The van der Waals surface area contributed by atoms with Gasteiger partial charge in [-0.3, -0.25) is 0 Å². The molecule has 0 amide bonds. The second kappa shape index (κ2) is 7.81. The topological polar surface area (TPSA) is 47.3 Å². The van der Waals surface area contributed by atoms with E-state index in [9.17, 15) is 8.78 Å². The average Bonchev–Trinajstić information content (AvgIpc) is 2.47. The molecule has 2 rings (SSSR count). The Morgan fingerprint density at radius 1 is 1.13 bits per heavy atom. The van der Waals surface area contributed by atoms with Gasteiger partial charge in [0, 0.05) is 12.6 Å². The molecule has 0 aliphatic heterocycles. The van der Waals surface area contributed by atoms with Crippen molar-refractivity contribution in [1.82, 2.24) is 0 Å². The number of hydrogen-bond acceptors (Lipinski definition) is 3. The van der Waals surface area contributed by atoms with Crippen LogP contribution < -0.4 is 15.8 Å². The summed E-state index contributed by atoms with van der Waals surface area (Å²) in [5.41, 5.74) is 8.00. The highest BCUT2D eigenvalue weighted by Gasteiger charge is 2.05. The summed E-state index contributed by atoms with van der Waals surface area (Å²) >= 11 is 0. The number of benzene rings is 2. The third kappa shape index (κ3) is 5.13. The first-order valence-corrected chi connectivity index (χ1v) is 7.69. The minimum Gasteiger partial charge on any atom is -0.489 e. The van der Waals surface area contributed by atoms with Crippen LogP contribution in [0.2, 0.25) is 0 Å². The maximum absolute atomic E-state index is 13.5. The number of nitrogens with two attached hydrogens (primary N) is 1. The van der Waals surface area contributed by atoms with Gasteiger partial charge in [-0.15, -0.1) is 0 Å². The molecule has 0 aromatic heterocycles. The van der Waals surface area contributed by atoms with Crippen molar-refractivity contribution >= 4 is 11.4 Å². The Hall–Kier alpha value is -2.30. The van der Waals surface area contributed by atoms with Crippen LogP contribution in [0.5, 0.6) is 5.75 Å². The molecule has 0 aliphatic rings. The van der Waals surface area contributed by atoms with E-state index in [-0.39, 0.29) is 6.10 Å². The summed E-state index contributed by atoms with van der Waals surface area (Å²) in [6, 6.07) is 9.26. The van der Waals surface area contributed by atoms with E-state index in [4.69, 9.17) is 10.5 Å². The molecule has 124 valence electrons. The fourth-order valence-electron chi connectivity index (χ4n) is 2.26. The van der Waals surface area contributed by atoms with E-state index < -0.39 is 11.6 Å². The van der Waals surface area contributed by atoms with E-state index in [0.717, 1.165) is 24.5 Å². The van der Waals surface area contributed by atoms with Gasteiger partial charge in [0.2, 0.25) is 0 Å². The van der Waals surface area contributed by atoms with Gasteiger partial charge in [-0.25, -0.2) is 8.78 Å². The van der Waals surface area contributed by atoms with Crippen LogP contribution >= 0.6 is 0 Å². The molecule has 0 unspecified atom stereocenters. The summed E-state index contributed by atoms with van der Waals surface area (Å²) in [6.45, 7) is 4.49. The van der Waals surface area contributed by atoms with E-state index in [1.807, 2.05) is 32.0 Å². The monoisotopic (exact) mass is 320 g/mol. The van der Waals surface area contributed by atoms with Gasteiger partial charge in [0.05, 0.1) is 17.5 Å². The SMILES string of the molecule is CC(C)Oc1ccc(CCCNc2ccc(F)cc2F)cc1N. The molecule has 5 heteroatoms. The first-order valence-electron chi connectivity index (χ1n) is 7.69. The number of anilines is 2. The smallest absolute Gasteiger partial charge is 0.149 e. The molecule has 0 bridgehead atoms. The molecular formula is C18H22F2N2O. The molecule has 3 nitrogen and oxygen atoms in total. The fraction of sp³-hybridized carbons (Fsp3) is 0.333. The molecule has 0 heterocycles. The van der Waals surface area contributed by atoms with Gasteiger partial charge >= 0.3 is 0 Å². The normalized spacial score (nSPS) is 10.8. The molecule has 23 heavy (non-hydrogen) atoms. The minimum absolute atomic E-state index is 0.0814. The van der Waals surface area contributed by atoms with Crippen LogP contribution in [0.25, 0.3) is 0 Å². The summed E-state index contributed by atoms with van der Waals surface area (Å²) in [6.07, 6.45) is 1.70. The van der Waals surface area contributed by atoms with Crippen molar-refractivity contribution in [3.05, 3.63) is 53.6 Å². The highest BCUT2D eigenvalue weighted by atomic mass is 19.1. The number of halogens is 2. The largest absolute Gasteiger partial charge is 0.489 e. The summed E-state index contributed by atoms with van der Waals surface area (Å²) in [4.78, 5) is 0. The lowest BCUT2D eigenvalue weighted by atomic mass is 10.1. The van der Waals surface area contributed by atoms with Crippen LogP contribution in [-0.2, 0) is 6.42 Å². The van der Waals surface area contributed by atoms with Crippen molar-refractivity contribution < 1.29 is 13.5 Å². The second-order valence-corrected chi connectivity index (χ2v) is 5.69. The first kappa shape index (κ1) is 17.1. The van der Waals surface area contributed by atoms with Crippen molar-refractivity contribution in [2.45, 2.75) is 32.8 Å². The van der Waals surface area contributed by atoms with Crippen LogP contribution in [0.3, 0.4) is 0 Å². The lowest BCUT2D eigenvalue weighted by Crippen LogP contribution is -2.08. The van der Waals surface area contributed by atoms with E-state index in [1.54, 1.807) is 0 Å². The van der Waals surface area contributed by atoms with Gasteiger partial charge < -0.3 is 15.8 Å². The Kier molecular flexibility index (Phi) is 5.79. The standard InChI is InChI=1S/C18H22F2N2O/c1-12(2)23-18-8-5-13(10-16(18)21)4-3-9-22-17-7-6-14(19)11-15(17)20/h5-8,10-12,22H,3-4,9,21H2,1-2H3. The Morgan fingerprint density at radius 2 is 1.91 bits per heavy atom. The first-order chi connectivity index (χ1) is 11.0. The molecule has 0 spiro atoms. The number of nitrogen functional groups attached to an aromatic ring is 1. The molecule has 0 fully saturated rings. The summed E-state index contributed by atoms with van der Waals surface area (Å²) in [5.74, 6) is -0.466. The number of ether oxygens (including phenoxy) is 1.